The third-order valence-electron chi connectivity index (χ3n) is 2.79. The van der Waals surface area contributed by atoms with Crippen LogP contribution in [0.3, 0.4) is 0 Å². The van der Waals surface area contributed by atoms with Crippen LogP contribution >= 0.6 is 0 Å². The Labute approximate surface area is 89.1 Å². The second kappa shape index (κ2) is 4.45. The number of benzene rings is 1. The Morgan fingerprint density at radius 1 is 1.40 bits per heavy atom. The summed E-state index contributed by atoms with van der Waals surface area (Å²) in [6.07, 6.45) is 1.62. The molecule has 2 unspecified atom stereocenters. The molecule has 1 aliphatic heterocycles. The summed E-state index contributed by atoms with van der Waals surface area (Å²) in [6.45, 7) is 0.686. The van der Waals surface area contributed by atoms with Crippen LogP contribution in [0.2, 0.25) is 0 Å². The molecule has 0 spiro atoms. The minimum Gasteiger partial charge on any atom is -0.480 e. The first kappa shape index (κ1) is 10.2. The average Bonchev–Trinajstić information content (AvgIpc) is 2.68. The summed E-state index contributed by atoms with van der Waals surface area (Å²) in [5.41, 5.74) is 1.27. The number of hydrogen-bond donors (Lipinski definition) is 1. The number of carbonyl (C=O) groups is 1. The second-order valence-corrected chi connectivity index (χ2v) is 4.01. The molecule has 1 aliphatic rings. The van der Waals surface area contributed by atoms with Gasteiger partial charge in [0.1, 0.15) is 6.04 Å². The number of hydrogen-bond acceptors (Lipinski definition) is 1. The van der Waals surface area contributed by atoms with Crippen LogP contribution in [0.4, 0.5) is 0 Å². The fourth-order valence-electron chi connectivity index (χ4n) is 2.02. The van der Waals surface area contributed by atoms with Crippen molar-refractivity contribution in [2.24, 2.45) is 5.92 Å². The van der Waals surface area contributed by atoms with Crippen LogP contribution in [0.1, 0.15) is 12.0 Å². The Morgan fingerprint density at radius 2 is 2.13 bits per heavy atom. The fraction of sp³-hybridized carbons (Fsp3) is 0.417. The van der Waals surface area contributed by atoms with Crippen LogP contribution in [0.15, 0.2) is 30.3 Å². The molecule has 1 N–H and O–H groups in total. The van der Waals surface area contributed by atoms with E-state index >= 15 is 0 Å². The van der Waals surface area contributed by atoms with Crippen molar-refractivity contribution >= 4 is 5.97 Å². The molecule has 0 aliphatic carbocycles. The first-order valence-electron chi connectivity index (χ1n) is 5.19. The van der Waals surface area contributed by atoms with Gasteiger partial charge in [0.2, 0.25) is 0 Å². The van der Waals surface area contributed by atoms with Gasteiger partial charge in [0.05, 0.1) is 0 Å². The van der Waals surface area contributed by atoms with E-state index in [4.69, 9.17) is 5.11 Å². The molecule has 1 radical (unpaired) electrons. The van der Waals surface area contributed by atoms with Gasteiger partial charge in [0.15, 0.2) is 0 Å². The molecule has 1 aromatic rings. The standard InChI is InChI=1S/C12H14NO2/c14-12(15)11-7-10(8-13-11)6-9-4-2-1-3-5-9/h1-5,10-11H,6-8H2,(H,14,15). The van der Waals surface area contributed by atoms with E-state index < -0.39 is 12.0 Å². The zero-order valence-corrected chi connectivity index (χ0v) is 8.47. The van der Waals surface area contributed by atoms with Gasteiger partial charge in [-0.15, -0.1) is 0 Å². The van der Waals surface area contributed by atoms with Gasteiger partial charge in [-0.3, -0.25) is 4.79 Å². The van der Waals surface area contributed by atoms with Gasteiger partial charge < -0.3 is 5.11 Å². The van der Waals surface area contributed by atoms with Gasteiger partial charge in [0.25, 0.3) is 0 Å². The summed E-state index contributed by atoms with van der Waals surface area (Å²) >= 11 is 0. The minimum atomic E-state index is -0.787. The zero-order valence-electron chi connectivity index (χ0n) is 8.47. The van der Waals surface area contributed by atoms with Crippen molar-refractivity contribution in [2.75, 3.05) is 6.54 Å². The lowest BCUT2D eigenvalue weighted by molar-refractivity contribution is -0.139. The molecule has 2 atom stereocenters. The Morgan fingerprint density at radius 3 is 2.73 bits per heavy atom. The smallest absolute Gasteiger partial charge is 0.322 e. The van der Waals surface area contributed by atoms with Crippen molar-refractivity contribution in [3.63, 3.8) is 0 Å². The summed E-state index contributed by atoms with van der Waals surface area (Å²) < 4.78 is 0. The summed E-state index contributed by atoms with van der Waals surface area (Å²) in [5.74, 6) is -0.390. The zero-order chi connectivity index (χ0) is 10.7. The molecule has 15 heavy (non-hydrogen) atoms. The molecule has 1 saturated heterocycles. The van der Waals surface area contributed by atoms with E-state index in [2.05, 4.69) is 17.4 Å². The highest BCUT2D eigenvalue weighted by molar-refractivity contribution is 5.73. The third-order valence-corrected chi connectivity index (χ3v) is 2.79. The second-order valence-electron chi connectivity index (χ2n) is 4.01. The highest BCUT2D eigenvalue weighted by atomic mass is 16.4. The predicted molar refractivity (Wildman–Crippen MR) is 56.7 cm³/mol. The molecule has 0 aromatic heterocycles. The van der Waals surface area contributed by atoms with Gasteiger partial charge >= 0.3 is 5.97 Å². The summed E-state index contributed by atoms with van der Waals surface area (Å²) in [5, 5.41) is 12.9. The number of aliphatic carboxylic acids is 1. The van der Waals surface area contributed by atoms with Crippen LogP contribution in [0, 0.1) is 5.92 Å². The van der Waals surface area contributed by atoms with E-state index in [-0.39, 0.29) is 0 Å². The average molecular weight is 204 g/mol. The molecule has 1 fully saturated rings. The van der Waals surface area contributed by atoms with E-state index in [0.29, 0.717) is 18.9 Å². The Balaban J connectivity index is 1.90. The van der Waals surface area contributed by atoms with E-state index in [1.165, 1.54) is 5.56 Å². The fourth-order valence-corrected chi connectivity index (χ4v) is 2.02. The Kier molecular flexibility index (Phi) is 3.02. The molecule has 2 rings (SSSR count). The van der Waals surface area contributed by atoms with E-state index in [9.17, 15) is 4.79 Å². The highest BCUT2D eigenvalue weighted by Gasteiger charge is 2.30. The van der Waals surface area contributed by atoms with Crippen LogP contribution in [-0.2, 0) is 11.2 Å². The number of carboxylic acids is 1. The lowest BCUT2D eigenvalue weighted by Gasteiger charge is -2.07. The summed E-state index contributed by atoms with van der Waals surface area (Å²) in [7, 11) is 0. The van der Waals surface area contributed by atoms with Crippen molar-refractivity contribution in [2.45, 2.75) is 18.9 Å². The first-order chi connectivity index (χ1) is 7.25. The van der Waals surface area contributed by atoms with E-state index in [1.54, 1.807) is 0 Å². The Bertz CT molecular complexity index is 337. The largest absolute Gasteiger partial charge is 0.480 e. The number of rotatable bonds is 3. The third kappa shape index (κ3) is 2.57. The molecule has 0 saturated carbocycles. The van der Waals surface area contributed by atoms with Gasteiger partial charge in [-0.25, -0.2) is 5.32 Å². The van der Waals surface area contributed by atoms with Crippen molar-refractivity contribution in [1.29, 1.82) is 0 Å². The Hall–Kier alpha value is -1.35. The maximum atomic E-state index is 10.7. The first-order valence-corrected chi connectivity index (χ1v) is 5.19. The maximum Gasteiger partial charge on any atom is 0.322 e. The molecule has 79 valence electrons. The number of nitrogens with zero attached hydrogens (tertiary/aromatic N) is 1. The van der Waals surface area contributed by atoms with E-state index in [0.717, 1.165) is 6.42 Å². The van der Waals surface area contributed by atoms with Gasteiger partial charge in [-0.1, -0.05) is 30.3 Å². The predicted octanol–water partition coefficient (Wildman–Crippen LogP) is 1.31. The summed E-state index contributed by atoms with van der Waals surface area (Å²) in [6, 6.07) is 9.69. The molecule has 1 heterocycles. The van der Waals surface area contributed by atoms with Crippen molar-refractivity contribution < 1.29 is 9.90 Å². The van der Waals surface area contributed by atoms with Crippen LogP contribution in [0.5, 0.6) is 0 Å². The molecular formula is C12H14NO2. The molecule has 3 nitrogen and oxygen atoms in total. The normalized spacial score (nSPS) is 25.3. The minimum absolute atomic E-state index is 0.397. The topological polar surface area (TPSA) is 51.4 Å². The SMILES string of the molecule is O=C(O)C1CC(Cc2ccccc2)C[N]1. The summed E-state index contributed by atoms with van der Waals surface area (Å²) in [4.78, 5) is 10.7. The van der Waals surface area contributed by atoms with Gasteiger partial charge in [-0.2, -0.15) is 0 Å². The van der Waals surface area contributed by atoms with Crippen LogP contribution in [0.25, 0.3) is 0 Å². The van der Waals surface area contributed by atoms with Crippen LogP contribution < -0.4 is 5.32 Å². The molecule has 1 aromatic carbocycles. The van der Waals surface area contributed by atoms with Gasteiger partial charge in [-0.05, 0) is 24.3 Å². The van der Waals surface area contributed by atoms with Crippen molar-refractivity contribution in [3.05, 3.63) is 35.9 Å². The lowest BCUT2D eigenvalue weighted by atomic mass is 9.97. The van der Waals surface area contributed by atoms with Crippen molar-refractivity contribution in [1.82, 2.24) is 5.32 Å². The van der Waals surface area contributed by atoms with Crippen molar-refractivity contribution in [3.8, 4) is 0 Å². The van der Waals surface area contributed by atoms with Gasteiger partial charge in [0, 0.05) is 6.54 Å². The molecule has 0 bridgehead atoms. The molecule has 0 amide bonds. The highest BCUT2D eigenvalue weighted by Crippen LogP contribution is 2.20. The van der Waals surface area contributed by atoms with Crippen LogP contribution in [-0.4, -0.2) is 23.7 Å². The molecular weight excluding hydrogens is 190 g/mol. The maximum absolute atomic E-state index is 10.7. The number of carboxylic acid groups (broad SMARTS) is 1. The quantitative estimate of drug-likeness (QED) is 0.807. The molecule has 3 heteroatoms. The monoisotopic (exact) mass is 204 g/mol. The lowest BCUT2D eigenvalue weighted by Crippen LogP contribution is -2.24. The van der Waals surface area contributed by atoms with E-state index in [1.807, 2.05) is 18.2 Å².